The van der Waals surface area contributed by atoms with Crippen LogP contribution in [0.1, 0.15) is 25.7 Å². The van der Waals surface area contributed by atoms with Gasteiger partial charge in [-0.2, -0.15) is 13.2 Å². The number of alkyl halides is 3. The van der Waals surface area contributed by atoms with Crippen molar-refractivity contribution < 1.29 is 18.0 Å². The molecule has 2 N–H and O–H groups in total. The van der Waals surface area contributed by atoms with Crippen LogP contribution in [0.5, 0.6) is 0 Å². The molecule has 2 rings (SSSR count). The summed E-state index contributed by atoms with van der Waals surface area (Å²) >= 11 is 0. The zero-order valence-electron chi connectivity index (χ0n) is 12.4. The van der Waals surface area contributed by atoms with E-state index in [2.05, 4.69) is 22.6 Å². The van der Waals surface area contributed by atoms with Gasteiger partial charge in [0.15, 0.2) is 5.41 Å². The number of amides is 1. The molecule has 1 amide bonds. The number of piperidine rings is 1. The third kappa shape index (κ3) is 3.69. The van der Waals surface area contributed by atoms with Crippen LogP contribution in [0, 0.1) is 11.3 Å². The van der Waals surface area contributed by atoms with Crippen molar-refractivity contribution in [1.82, 2.24) is 15.5 Å². The fourth-order valence-electron chi connectivity index (χ4n) is 3.17. The maximum atomic E-state index is 13.2. The number of hydrogen-bond acceptors (Lipinski definition) is 3. The molecule has 2 saturated heterocycles. The predicted octanol–water partition coefficient (Wildman–Crippen LogP) is 1.38. The Kier molecular flexibility index (Phi) is 5.14. The second kappa shape index (κ2) is 6.52. The molecule has 4 nitrogen and oxygen atoms in total. The van der Waals surface area contributed by atoms with Crippen molar-refractivity contribution in [3.05, 3.63) is 0 Å². The lowest BCUT2D eigenvalue weighted by molar-refractivity contribution is -0.216. The Balaban J connectivity index is 1.81. The first kappa shape index (κ1) is 16.5. The summed E-state index contributed by atoms with van der Waals surface area (Å²) in [4.78, 5) is 14.3. The molecule has 122 valence electrons. The van der Waals surface area contributed by atoms with Crippen LogP contribution in [0.25, 0.3) is 0 Å². The quantitative estimate of drug-likeness (QED) is 0.825. The zero-order valence-corrected chi connectivity index (χ0v) is 12.4. The molecule has 2 aliphatic heterocycles. The van der Waals surface area contributed by atoms with E-state index in [-0.39, 0.29) is 19.5 Å². The number of rotatable bonds is 4. The summed E-state index contributed by atoms with van der Waals surface area (Å²) in [6.45, 7) is 2.31. The summed E-state index contributed by atoms with van der Waals surface area (Å²) in [5.41, 5.74) is -2.24. The molecule has 0 aromatic heterocycles. The molecule has 21 heavy (non-hydrogen) atoms. The summed E-state index contributed by atoms with van der Waals surface area (Å²) in [6, 6.07) is 0. The number of halogens is 3. The molecule has 0 spiro atoms. The van der Waals surface area contributed by atoms with Crippen molar-refractivity contribution in [3.8, 4) is 0 Å². The van der Waals surface area contributed by atoms with Gasteiger partial charge in [0.25, 0.3) is 0 Å². The SMILES string of the molecule is CN1CCC(CCNC(=O)C2(C(F)(F)F)CCNC2)CC1. The minimum Gasteiger partial charge on any atom is -0.355 e. The van der Waals surface area contributed by atoms with Crippen molar-refractivity contribution in [2.45, 2.75) is 31.9 Å². The summed E-state index contributed by atoms with van der Waals surface area (Å²) in [7, 11) is 2.07. The van der Waals surface area contributed by atoms with Crippen molar-refractivity contribution in [2.24, 2.45) is 11.3 Å². The molecule has 0 aromatic rings. The van der Waals surface area contributed by atoms with E-state index in [0.29, 0.717) is 12.5 Å². The molecule has 0 aromatic carbocycles. The summed E-state index contributed by atoms with van der Waals surface area (Å²) in [5.74, 6) is -0.363. The third-order valence-electron chi connectivity index (χ3n) is 4.81. The van der Waals surface area contributed by atoms with Gasteiger partial charge in [-0.25, -0.2) is 0 Å². The average molecular weight is 307 g/mol. The molecule has 1 atom stereocenters. The highest BCUT2D eigenvalue weighted by atomic mass is 19.4. The smallest absolute Gasteiger partial charge is 0.355 e. The Hall–Kier alpha value is -0.820. The standard InChI is InChI=1S/C14H24F3N3O/c1-20-8-3-11(4-9-20)2-6-19-12(21)13(14(15,16)17)5-7-18-10-13/h11,18H,2-10H2,1H3,(H,19,21). The summed E-state index contributed by atoms with van der Waals surface area (Å²) in [5, 5.41) is 5.18. The molecule has 2 fully saturated rings. The molecule has 0 aliphatic carbocycles. The first-order valence-corrected chi connectivity index (χ1v) is 7.59. The van der Waals surface area contributed by atoms with Gasteiger partial charge in [0.1, 0.15) is 0 Å². The van der Waals surface area contributed by atoms with Gasteiger partial charge >= 0.3 is 6.18 Å². The summed E-state index contributed by atoms with van der Waals surface area (Å²) < 4.78 is 39.6. The maximum Gasteiger partial charge on any atom is 0.404 e. The van der Waals surface area contributed by atoms with Crippen LogP contribution in [0.15, 0.2) is 0 Å². The highest BCUT2D eigenvalue weighted by molar-refractivity contribution is 5.84. The van der Waals surface area contributed by atoms with Gasteiger partial charge < -0.3 is 15.5 Å². The van der Waals surface area contributed by atoms with E-state index in [4.69, 9.17) is 0 Å². The highest BCUT2D eigenvalue weighted by Crippen LogP contribution is 2.43. The number of likely N-dealkylation sites (tertiary alicyclic amines) is 1. The number of carbonyl (C=O) groups excluding carboxylic acids is 1. The normalized spacial score (nSPS) is 28.8. The van der Waals surface area contributed by atoms with Crippen LogP contribution in [0.2, 0.25) is 0 Å². The van der Waals surface area contributed by atoms with E-state index in [1.165, 1.54) is 0 Å². The van der Waals surface area contributed by atoms with Crippen LogP contribution in [0.3, 0.4) is 0 Å². The topological polar surface area (TPSA) is 44.4 Å². The van der Waals surface area contributed by atoms with Gasteiger partial charge in [-0.1, -0.05) is 0 Å². The Morgan fingerprint density at radius 1 is 1.38 bits per heavy atom. The van der Waals surface area contributed by atoms with Crippen molar-refractivity contribution in [2.75, 3.05) is 39.8 Å². The van der Waals surface area contributed by atoms with Crippen LogP contribution < -0.4 is 10.6 Å². The van der Waals surface area contributed by atoms with Crippen LogP contribution in [-0.2, 0) is 4.79 Å². The molecular formula is C14H24F3N3O. The monoisotopic (exact) mass is 307 g/mol. The van der Waals surface area contributed by atoms with Gasteiger partial charge in [-0.3, -0.25) is 4.79 Å². The van der Waals surface area contributed by atoms with Crippen LogP contribution in [0.4, 0.5) is 13.2 Å². The fraction of sp³-hybridized carbons (Fsp3) is 0.929. The molecule has 1 unspecified atom stereocenters. The number of carbonyl (C=O) groups is 1. The molecule has 2 aliphatic rings. The van der Waals surface area contributed by atoms with Crippen LogP contribution in [-0.4, -0.2) is 56.8 Å². The Labute approximate surface area is 123 Å². The maximum absolute atomic E-state index is 13.2. The Morgan fingerprint density at radius 2 is 2.05 bits per heavy atom. The average Bonchev–Trinajstić information content (AvgIpc) is 2.91. The van der Waals surface area contributed by atoms with Crippen molar-refractivity contribution in [3.63, 3.8) is 0 Å². The minimum absolute atomic E-state index is 0.170. The largest absolute Gasteiger partial charge is 0.404 e. The van der Waals surface area contributed by atoms with Crippen molar-refractivity contribution in [1.29, 1.82) is 0 Å². The van der Waals surface area contributed by atoms with Gasteiger partial charge in [0, 0.05) is 13.1 Å². The molecule has 0 radical (unpaired) electrons. The van der Waals surface area contributed by atoms with E-state index >= 15 is 0 Å². The van der Waals surface area contributed by atoms with Crippen molar-refractivity contribution >= 4 is 5.91 Å². The predicted molar refractivity (Wildman–Crippen MR) is 73.8 cm³/mol. The fourth-order valence-corrected chi connectivity index (χ4v) is 3.17. The number of nitrogens with one attached hydrogen (secondary N) is 2. The van der Waals surface area contributed by atoms with Crippen LogP contribution >= 0.6 is 0 Å². The van der Waals surface area contributed by atoms with Gasteiger partial charge in [0.05, 0.1) is 0 Å². The number of hydrogen-bond donors (Lipinski definition) is 2. The molecular weight excluding hydrogens is 283 g/mol. The van der Waals surface area contributed by atoms with Gasteiger partial charge in [-0.05, 0) is 58.3 Å². The van der Waals surface area contributed by atoms with E-state index in [0.717, 1.165) is 32.4 Å². The lowest BCUT2D eigenvalue weighted by Gasteiger charge is -2.31. The molecule has 7 heteroatoms. The van der Waals surface area contributed by atoms with E-state index < -0.39 is 17.5 Å². The Morgan fingerprint density at radius 3 is 2.57 bits per heavy atom. The first-order valence-electron chi connectivity index (χ1n) is 7.59. The minimum atomic E-state index is -4.49. The van der Waals surface area contributed by atoms with Gasteiger partial charge in [-0.15, -0.1) is 0 Å². The Bertz CT molecular complexity index is 359. The second-order valence-electron chi connectivity index (χ2n) is 6.30. The first-order chi connectivity index (χ1) is 9.85. The second-order valence-corrected chi connectivity index (χ2v) is 6.30. The molecule has 0 saturated carbocycles. The third-order valence-corrected chi connectivity index (χ3v) is 4.81. The van der Waals surface area contributed by atoms with E-state index in [9.17, 15) is 18.0 Å². The molecule has 0 bridgehead atoms. The lowest BCUT2D eigenvalue weighted by Crippen LogP contribution is -2.52. The lowest BCUT2D eigenvalue weighted by atomic mass is 9.85. The summed E-state index contributed by atoms with van der Waals surface area (Å²) in [6.07, 6.45) is -1.79. The molecule has 2 heterocycles. The highest BCUT2D eigenvalue weighted by Gasteiger charge is 2.61. The van der Waals surface area contributed by atoms with E-state index in [1.807, 2.05) is 0 Å². The van der Waals surface area contributed by atoms with Gasteiger partial charge in [0.2, 0.25) is 5.91 Å². The number of nitrogens with zero attached hydrogens (tertiary/aromatic N) is 1. The van der Waals surface area contributed by atoms with E-state index in [1.54, 1.807) is 0 Å². The zero-order chi connectivity index (χ0) is 15.5.